The zero-order chi connectivity index (χ0) is 16.0. The number of nitrogens with two attached hydrogens (primary N) is 1. The van der Waals surface area contributed by atoms with Crippen molar-refractivity contribution in [1.82, 2.24) is 0 Å². The van der Waals surface area contributed by atoms with Crippen LogP contribution in [0.5, 0.6) is 0 Å². The van der Waals surface area contributed by atoms with Crippen molar-refractivity contribution in [3.05, 3.63) is 29.8 Å². The summed E-state index contributed by atoms with van der Waals surface area (Å²) in [4.78, 5) is 9.76. The lowest BCUT2D eigenvalue weighted by molar-refractivity contribution is 0.112. The maximum atomic E-state index is 11.3. The van der Waals surface area contributed by atoms with Gasteiger partial charge in [-0.25, -0.2) is 0 Å². The topological polar surface area (TPSA) is 152 Å². The van der Waals surface area contributed by atoms with E-state index in [1.807, 2.05) is 0 Å². The molecule has 0 amide bonds. The second-order valence-corrected chi connectivity index (χ2v) is 6.97. The zero-order valence-electron chi connectivity index (χ0n) is 10.2. The van der Waals surface area contributed by atoms with Gasteiger partial charge >= 0.3 is 0 Å². The first kappa shape index (κ1) is 15.4. The van der Waals surface area contributed by atoms with Gasteiger partial charge in [0.2, 0.25) is 0 Å². The quantitative estimate of drug-likeness (QED) is 0.423. The van der Waals surface area contributed by atoms with Crippen LogP contribution >= 0.6 is 0 Å². The lowest BCUT2D eigenvalue weighted by Crippen LogP contribution is -2.05. The summed E-state index contributed by atoms with van der Waals surface area (Å²) in [7, 11) is -9.36. The van der Waals surface area contributed by atoms with Crippen molar-refractivity contribution in [2.24, 2.45) is 0 Å². The zero-order valence-corrected chi connectivity index (χ0v) is 11.8. The summed E-state index contributed by atoms with van der Waals surface area (Å²) in [6.45, 7) is 0. The summed E-state index contributed by atoms with van der Waals surface area (Å²) < 4.78 is 63.3. The summed E-state index contributed by atoms with van der Waals surface area (Å²) in [5, 5.41) is -0.317. The van der Waals surface area contributed by atoms with Crippen molar-refractivity contribution in [2.45, 2.75) is 9.79 Å². The largest absolute Gasteiger partial charge is 0.398 e. The van der Waals surface area contributed by atoms with Crippen molar-refractivity contribution < 1.29 is 30.7 Å². The molecule has 21 heavy (non-hydrogen) atoms. The number of rotatable bonds is 3. The van der Waals surface area contributed by atoms with Gasteiger partial charge in [-0.05, 0) is 24.3 Å². The summed E-state index contributed by atoms with van der Waals surface area (Å²) in [5.74, 6) is 0. The molecule has 0 saturated heterocycles. The van der Waals surface area contributed by atoms with Gasteiger partial charge in [0.25, 0.3) is 20.2 Å². The Morgan fingerprint density at radius 3 is 2.10 bits per heavy atom. The predicted molar refractivity (Wildman–Crippen MR) is 73.4 cm³/mol. The highest BCUT2D eigenvalue weighted by Crippen LogP contribution is 2.32. The Hall–Kier alpha value is -2.01. The Bertz CT molecular complexity index is 962. The molecule has 8 nitrogen and oxygen atoms in total. The SMILES string of the molecule is Nc1ccc(S(=O)(=O)O)c2cc(S(=O)(=O)O)cc(C=O)c12. The molecule has 2 aromatic rings. The number of nitrogen functional groups attached to an aromatic ring is 1. The third kappa shape index (κ3) is 2.74. The average molecular weight is 331 g/mol. The van der Waals surface area contributed by atoms with Crippen molar-refractivity contribution in [3.8, 4) is 0 Å². The second-order valence-electron chi connectivity index (χ2n) is 4.16. The molecule has 2 rings (SSSR count). The van der Waals surface area contributed by atoms with Gasteiger partial charge in [-0.2, -0.15) is 16.8 Å². The molecule has 0 saturated carbocycles. The van der Waals surface area contributed by atoms with Crippen molar-refractivity contribution in [2.75, 3.05) is 5.73 Å². The molecule has 10 heteroatoms. The summed E-state index contributed by atoms with van der Waals surface area (Å²) in [5.41, 5.74) is 5.44. The van der Waals surface area contributed by atoms with E-state index in [-0.39, 0.29) is 28.3 Å². The molecule has 0 radical (unpaired) electrons. The Morgan fingerprint density at radius 2 is 1.62 bits per heavy atom. The van der Waals surface area contributed by atoms with Crippen LogP contribution in [-0.2, 0) is 20.2 Å². The minimum atomic E-state index is -4.68. The molecule has 2 aromatic carbocycles. The highest BCUT2D eigenvalue weighted by Gasteiger charge is 2.21. The van der Waals surface area contributed by atoms with E-state index in [0.717, 1.165) is 24.3 Å². The predicted octanol–water partition coefficient (Wildman–Crippen LogP) is 0.728. The van der Waals surface area contributed by atoms with Crippen molar-refractivity contribution in [3.63, 3.8) is 0 Å². The first-order valence-corrected chi connectivity index (χ1v) is 8.20. The van der Waals surface area contributed by atoms with Gasteiger partial charge in [-0.15, -0.1) is 0 Å². The number of aldehydes is 1. The molecule has 0 bridgehead atoms. The van der Waals surface area contributed by atoms with E-state index in [4.69, 9.17) is 14.8 Å². The monoisotopic (exact) mass is 331 g/mol. The van der Waals surface area contributed by atoms with Gasteiger partial charge in [0.1, 0.15) is 4.90 Å². The molecule has 0 aliphatic rings. The van der Waals surface area contributed by atoms with Crippen LogP contribution in [0.3, 0.4) is 0 Å². The standard InChI is InChI=1S/C11H9NO7S2/c12-9-1-2-10(21(17,18)19)8-4-7(20(14,15)16)3-6(5-13)11(8)9/h1-5H,12H2,(H,14,15,16)(H,17,18,19). The number of fused-ring (bicyclic) bond motifs is 1. The number of carbonyl (C=O) groups is 1. The molecule has 0 fully saturated rings. The van der Waals surface area contributed by atoms with Gasteiger partial charge in [0, 0.05) is 22.0 Å². The molecular formula is C11H9NO7S2. The third-order valence-electron chi connectivity index (χ3n) is 2.81. The Balaban J connectivity index is 3.13. The second kappa shape index (κ2) is 4.77. The molecule has 0 spiro atoms. The van der Waals surface area contributed by atoms with Crippen LogP contribution in [0.2, 0.25) is 0 Å². The van der Waals surface area contributed by atoms with Crippen molar-refractivity contribution >= 4 is 43.0 Å². The first-order chi connectivity index (χ1) is 9.55. The number of anilines is 1. The number of hydrogen-bond donors (Lipinski definition) is 3. The van der Waals surface area contributed by atoms with Gasteiger partial charge in [-0.1, -0.05) is 0 Å². The van der Waals surface area contributed by atoms with Crippen LogP contribution in [0.4, 0.5) is 5.69 Å². The van der Waals surface area contributed by atoms with Crippen LogP contribution < -0.4 is 5.73 Å². The highest BCUT2D eigenvalue weighted by molar-refractivity contribution is 7.86. The summed E-state index contributed by atoms with van der Waals surface area (Å²) in [6, 6.07) is 3.80. The van der Waals surface area contributed by atoms with Crippen LogP contribution in [0, 0.1) is 0 Å². The lowest BCUT2D eigenvalue weighted by atomic mass is 10.0. The normalized spacial score (nSPS) is 12.5. The van der Waals surface area contributed by atoms with E-state index < -0.39 is 30.0 Å². The van der Waals surface area contributed by atoms with E-state index in [2.05, 4.69) is 0 Å². The maximum absolute atomic E-state index is 11.3. The van der Waals surface area contributed by atoms with Crippen LogP contribution in [0.25, 0.3) is 10.8 Å². The molecule has 112 valence electrons. The molecular weight excluding hydrogens is 322 g/mol. The first-order valence-electron chi connectivity index (χ1n) is 5.32. The van der Waals surface area contributed by atoms with E-state index in [1.165, 1.54) is 0 Å². The number of hydrogen-bond acceptors (Lipinski definition) is 6. The van der Waals surface area contributed by atoms with E-state index in [0.29, 0.717) is 0 Å². The van der Waals surface area contributed by atoms with Gasteiger partial charge < -0.3 is 5.73 Å². The minimum absolute atomic E-state index is 0.0152. The molecule has 0 aliphatic heterocycles. The molecule has 0 aromatic heterocycles. The maximum Gasteiger partial charge on any atom is 0.295 e. The molecule has 0 unspecified atom stereocenters. The minimum Gasteiger partial charge on any atom is -0.398 e. The van der Waals surface area contributed by atoms with Gasteiger partial charge in [0.15, 0.2) is 6.29 Å². The highest BCUT2D eigenvalue weighted by atomic mass is 32.2. The Morgan fingerprint density at radius 1 is 1.00 bits per heavy atom. The van der Waals surface area contributed by atoms with E-state index >= 15 is 0 Å². The fourth-order valence-corrected chi connectivity index (χ4v) is 3.18. The van der Waals surface area contributed by atoms with Crippen LogP contribution in [0.1, 0.15) is 10.4 Å². The smallest absolute Gasteiger partial charge is 0.295 e. The van der Waals surface area contributed by atoms with Crippen LogP contribution in [-0.4, -0.2) is 32.2 Å². The van der Waals surface area contributed by atoms with Crippen molar-refractivity contribution in [1.29, 1.82) is 0 Å². The van der Waals surface area contributed by atoms with Gasteiger partial charge in [0.05, 0.1) is 4.90 Å². The average Bonchev–Trinajstić information content (AvgIpc) is 2.35. The fourth-order valence-electron chi connectivity index (χ4n) is 1.96. The van der Waals surface area contributed by atoms with E-state index in [1.54, 1.807) is 0 Å². The number of benzene rings is 2. The summed E-state index contributed by atoms with van der Waals surface area (Å²) >= 11 is 0. The molecule has 4 N–H and O–H groups in total. The van der Waals surface area contributed by atoms with Gasteiger partial charge in [-0.3, -0.25) is 13.9 Å². The Kier molecular flexibility index (Phi) is 3.49. The molecule has 0 heterocycles. The van der Waals surface area contributed by atoms with Crippen LogP contribution in [0.15, 0.2) is 34.1 Å². The lowest BCUT2D eigenvalue weighted by Gasteiger charge is -2.10. The molecule has 0 atom stereocenters. The Labute approximate surface area is 119 Å². The third-order valence-corrected chi connectivity index (χ3v) is 4.56. The fraction of sp³-hybridized carbons (Fsp3) is 0. The number of carbonyl (C=O) groups excluding carboxylic acids is 1. The summed E-state index contributed by atoms with van der Waals surface area (Å²) in [6.07, 6.45) is 0.265. The van der Waals surface area contributed by atoms with E-state index in [9.17, 15) is 21.6 Å². The molecule has 0 aliphatic carbocycles.